The van der Waals surface area contributed by atoms with Crippen molar-refractivity contribution in [1.29, 1.82) is 0 Å². The van der Waals surface area contributed by atoms with Gasteiger partial charge in [-0.3, -0.25) is 15.0 Å². The van der Waals surface area contributed by atoms with Gasteiger partial charge in [0.25, 0.3) is 29.1 Å². The summed E-state index contributed by atoms with van der Waals surface area (Å²) in [5.41, 5.74) is 13.4. The van der Waals surface area contributed by atoms with Crippen LogP contribution in [0, 0.1) is 20.8 Å². The number of H-pyrrole nitrogens is 2. The number of rotatable bonds is 10. The third kappa shape index (κ3) is 21.0. The third-order valence-corrected chi connectivity index (χ3v) is 25.4. The van der Waals surface area contributed by atoms with Gasteiger partial charge in [-0.1, -0.05) is 148 Å². The van der Waals surface area contributed by atoms with Crippen molar-refractivity contribution in [2.24, 2.45) is 0 Å². The van der Waals surface area contributed by atoms with Crippen molar-refractivity contribution in [2.75, 3.05) is 29.4 Å². The number of aryl methyl sites for hydroxylation is 3. The largest absolute Gasteiger partial charge is 1.00 e. The van der Waals surface area contributed by atoms with E-state index in [1.807, 2.05) is 148 Å². The van der Waals surface area contributed by atoms with E-state index in [2.05, 4.69) is 118 Å². The molecule has 0 unspecified atom stereocenters. The maximum atomic E-state index is 13.3. The van der Waals surface area contributed by atoms with Crippen LogP contribution in [0.1, 0.15) is 71.8 Å². The predicted octanol–water partition coefficient (Wildman–Crippen LogP) is 15.9. The van der Waals surface area contributed by atoms with Gasteiger partial charge < -0.3 is 43.4 Å². The minimum absolute atomic E-state index is 0. The molecule has 13 heterocycles. The first-order valence-electron chi connectivity index (χ1n) is 38.1. The maximum absolute atomic E-state index is 13.3. The molecule has 0 radical (unpaired) electrons. The van der Waals surface area contributed by atoms with Gasteiger partial charge in [-0.15, -0.1) is 5.60 Å². The van der Waals surface area contributed by atoms with Gasteiger partial charge in [0.1, 0.15) is 45.8 Å². The molecule has 30 heteroatoms. The number of oxazole rings is 3. The van der Waals surface area contributed by atoms with Crippen LogP contribution >= 0.6 is 42.5 Å². The maximum Gasteiger partial charge on any atom is 1.00 e. The van der Waals surface area contributed by atoms with Crippen molar-refractivity contribution in [1.82, 2.24) is 53.1 Å². The van der Waals surface area contributed by atoms with E-state index in [0.29, 0.717) is 52.3 Å². The van der Waals surface area contributed by atoms with Gasteiger partial charge in [0, 0.05) is 152 Å². The Kier molecular flexibility index (Phi) is 27.9. The van der Waals surface area contributed by atoms with Crippen LogP contribution in [0.5, 0.6) is 0 Å². The molecule has 7 aromatic carbocycles. The second-order valence-electron chi connectivity index (χ2n) is 29.1. The molecule has 0 saturated carbocycles. The molecular formula is C90H83Br2ClN13NaO10S3. The number of hydrogen-bond acceptors (Lipinski definition) is 19. The van der Waals surface area contributed by atoms with E-state index < -0.39 is 34.7 Å². The molecule has 0 aliphatic carbocycles. The number of anilines is 2. The first-order chi connectivity index (χ1) is 57.2. The fourth-order valence-corrected chi connectivity index (χ4v) is 17.8. The molecule has 3 N–H and O–H groups in total. The number of halogens is 3. The molecule has 120 heavy (non-hydrogen) atoms. The van der Waals surface area contributed by atoms with Gasteiger partial charge in [-0.2, -0.15) is 0 Å². The Labute approximate surface area is 739 Å². The van der Waals surface area contributed by atoms with Gasteiger partial charge in [0.2, 0.25) is 17.7 Å². The number of nitrogens with zero attached hydrogens (tertiary/aromatic N) is 10. The number of hydrogen-bond donors (Lipinski definition) is 3. The second kappa shape index (κ2) is 38.4. The number of aromatic amines is 2. The summed E-state index contributed by atoms with van der Waals surface area (Å²) in [5, 5.41) is 17.6. The Morgan fingerprint density at radius 3 is 1.26 bits per heavy atom. The second-order valence-corrected chi connectivity index (χ2v) is 37.0. The minimum Gasteiger partial charge on any atom is -0.850 e. The van der Waals surface area contributed by atoms with Crippen molar-refractivity contribution in [3.05, 3.63) is 328 Å². The normalized spacial score (nSPS) is 13.0. The molecule has 3 aliphatic rings. The van der Waals surface area contributed by atoms with E-state index >= 15 is 0 Å². The van der Waals surface area contributed by atoms with E-state index in [0.717, 1.165) is 139 Å². The van der Waals surface area contributed by atoms with Crippen molar-refractivity contribution in [3.8, 4) is 34.8 Å². The SMILES string of the molecule is Brc1cccc2[nH]ccc12.CC(C)(C)[O-].Cc1ccc(S(=O)(=O)Cl)cc1.Cc1ccc(S(=O)(=O)n2ccc3c(Br)cccc32)cc1.Cc1ccc(S(=O)(=O)n2ccc3c(N4CCc5oc(-c6ccccn6)nc5C4)cccc32)cc1.[Na+].c1ccc(-c2nc3c(o2)CCN(c2cccc4[nH]ccc24)C3)nc1.c1ccc(-c2nc3c(o2)CCNC3)nc1. The summed E-state index contributed by atoms with van der Waals surface area (Å²) in [6, 6.07) is 68.9. The van der Waals surface area contributed by atoms with Gasteiger partial charge >= 0.3 is 29.6 Å². The van der Waals surface area contributed by atoms with Crippen molar-refractivity contribution >= 4 is 127 Å². The molecule has 0 atom stereocenters. The molecule has 0 amide bonds. The zero-order valence-corrected chi connectivity index (χ0v) is 75.1. The first-order valence-corrected chi connectivity index (χ1v) is 44.9. The predicted molar refractivity (Wildman–Crippen MR) is 471 cm³/mol. The average Bonchev–Trinajstić information content (AvgIpc) is 1.58. The molecule has 17 aromatic rings. The Hall–Kier alpha value is -10.6. The van der Waals surface area contributed by atoms with Crippen LogP contribution in [0.3, 0.4) is 0 Å². The van der Waals surface area contributed by atoms with Crippen LogP contribution in [0.25, 0.3) is 78.4 Å². The smallest absolute Gasteiger partial charge is 0.850 e. The molecule has 20 rings (SSSR count). The fourth-order valence-electron chi connectivity index (χ4n) is 13.4. The van der Waals surface area contributed by atoms with Crippen LogP contribution in [0.2, 0.25) is 0 Å². The summed E-state index contributed by atoms with van der Waals surface area (Å²) >= 11 is 6.89. The summed E-state index contributed by atoms with van der Waals surface area (Å²) in [6.45, 7) is 15.4. The number of pyridine rings is 3. The van der Waals surface area contributed by atoms with E-state index in [-0.39, 0.29) is 39.3 Å². The molecule has 10 aromatic heterocycles. The molecule has 608 valence electrons. The molecule has 23 nitrogen and oxygen atoms in total. The Morgan fingerprint density at radius 1 is 0.433 bits per heavy atom. The van der Waals surface area contributed by atoms with Crippen LogP contribution < -0.4 is 49.8 Å². The number of aromatic nitrogens is 10. The fraction of sp³-hybridized carbons (Fsp3) is 0.178. The average molecular weight is 1820 g/mol. The summed E-state index contributed by atoms with van der Waals surface area (Å²) in [4.78, 5) is 38.4. The zero-order chi connectivity index (χ0) is 83.6. The minimum atomic E-state index is -3.70. The molecule has 3 aliphatic heterocycles. The van der Waals surface area contributed by atoms with E-state index in [1.54, 1.807) is 112 Å². The van der Waals surface area contributed by atoms with E-state index in [4.69, 9.17) is 28.9 Å². The van der Waals surface area contributed by atoms with Gasteiger partial charge in [-0.05, 0) is 166 Å². The number of fused-ring (bicyclic) bond motifs is 7. The molecular weight excluding hydrogens is 1740 g/mol. The molecule has 0 saturated heterocycles. The third-order valence-electron chi connectivity index (χ3n) is 19.3. The van der Waals surface area contributed by atoms with Crippen LogP contribution in [-0.4, -0.2) is 98.3 Å². The summed E-state index contributed by atoms with van der Waals surface area (Å²) < 4.78 is 95.8. The first kappa shape index (κ1) is 87.2. The van der Waals surface area contributed by atoms with Crippen molar-refractivity contribution < 1.29 is 73.2 Å². The van der Waals surface area contributed by atoms with Crippen LogP contribution in [0.4, 0.5) is 11.4 Å². The molecule has 0 spiro atoms. The van der Waals surface area contributed by atoms with Gasteiger partial charge in [-0.25, -0.2) is 48.2 Å². The zero-order valence-electron chi connectivity index (χ0n) is 66.7. The van der Waals surface area contributed by atoms with Gasteiger partial charge in [0.05, 0.1) is 44.5 Å². The van der Waals surface area contributed by atoms with Crippen LogP contribution in [0.15, 0.2) is 305 Å². The number of nitrogens with one attached hydrogen (secondary N) is 3. The monoisotopic (exact) mass is 1820 g/mol. The Balaban J connectivity index is 0.000000128. The van der Waals surface area contributed by atoms with Gasteiger partial charge in [0.15, 0.2) is 0 Å². The molecule has 0 fully saturated rings. The molecule has 0 bridgehead atoms. The summed E-state index contributed by atoms with van der Waals surface area (Å²) in [7, 11) is -5.72. The van der Waals surface area contributed by atoms with Crippen molar-refractivity contribution in [2.45, 2.75) is 101 Å². The van der Waals surface area contributed by atoms with Crippen LogP contribution in [-0.2, 0) is 68.0 Å². The van der Waals surface area contributed by atoms with E-state index in [9.17, 15) is 30.4 Å². The summed E-state index contributed by atoms with van der Waals surface area (Å²) in [6.07, 6.45) is 14.9. The van der Waals surface area contributed by atoms with E-state index in [1.165, 1.54) is 42.1 Å². The van der Waals surface area contributed by atoms with Crippen molar-refractivity contribution in [3.63, 3.8) is 0 Å². The quantitative estimate of drug-likeness (QED) is 0.0846. The Bertz CT molecular complexity index is 6690. The Morgan fingerprint density at radius 2 is 0.817 bits per heavy atom. The topological polar surface area (TPSA) is 302 Å². The summed E-state index contributed by atoms with van der Waals surface area (Å²) in [5.74, 6) is 4.62. The number of benzene rings is 7. The standard InChI is InChI=1S/C26H22N4O3S.C19H16N4O.C15H12BrNO2S.C11H11N3O.C8H6BrN.C7H7ClO2S.C4H9O.Na/c1-18-8-10-19(11-9-18)34(31,32)30-16-12-20-23(6-4-7-24(20)30)29-15-13-25-22(17-29)28-26(33-25)21-5-2-3-14-27-21;1-2-9-20-15(4-1)19-22-16-12-23(11-8-18(16)24-19)17-6-3-5-14-13(17)7-10-21-14;1-11-5-7-12(8-6-11)20(18,19)17-10-9-13-14(16)3-2-4-15(13)17;1-2-5-13-8(3-1)11-14-9-7-12-6-4-10(9)15-11;9-7-2-1-3-8-6(7)4-5-10-8;1-6-2-4-7(5-3-6)11(8,9)10;1-4(2,3)5;/h2-12,14,16H,13,15,17H2,1H3;1-7,9-10,21H,8,11-12H2;2-10H,1H3;1-3,5,12H,4,6-7H2;1-5,10H;2-5H,1H3;1-3H3;/q;;;;;;-1;+1.